The van der Waals surface area contributed by atoms with Gasteiger partial charge in [-0.05, 0) is 42.7 Å². The van der Waals surface area contributed by atoms with Gasteiger partial charge in [-0.25, -0.2) is 5.43 Å². The van der Waals surface area contributed by atoms with Crippen LogP contribution in [0.1, 0.15) is 17.6 Å². The predicted octanol–water partition coefficient (Wildman–Crippen LogP) is 3.09. The van der Waals surface area contributed by atoms with Crippen molar-refractivity contribution in [1.29, 1.82) is 0 Å². The number of hydrazone groups is 1. The van der Waals surface area contributed by atoms with Gasteiger partial charge in [0.15, 0.2) is 0 Å². The second kappa shape index (κ2) is 6.70. The Hall–Kier alpha value is -2.14. The molecular weight excluding hydrogens is 260 g/mol. The SMILES string of the molecule is CC(/C=C/c1ccco1)=N/NC(=O)Cc1cccs1. The summed E-state index contributed by atoms with van der Waals surface area (Å²) in [4.78, 5) is 12.6. The van der Waals surface area contributed by atoms with Crippen LogP contribution in [0.15, 0.2) is 51.5 Å². The number of carbonyl (C=O) groups excluding carboxylic acids is 1. The molecule has 2 heterocycles. The summed E-state index contributed by atoms with van der Waals surface area (Å²) in [6.07, 6.45) is 5.54. The van der Waals surface area contributed by atoms with Crippen molar-refractivity contribution < 1.29 is 9.21 Å². The molecule has 1 amide bonds. The third-order valence-electron chi connectivity index (χ3n) is 2.30. The molecule has 2 rings (SSSR count). The van der Waals surface area contributed by atoms with Crippen LogP contribution in [0, 0.1) is 0 Å². The molecule has 2 aromatic rings. The van der Waals surface area contributed by atoms with E-state index in [1.165, 1.54) is 0 Å². The van der Waals surface area contributed by atoms with E-state index in [1.54, 1.807) is 29.8 Å². The van der Waals surface area contributed by atoms with Crippen molar-refractivity contribution in [2.75, 3.05) is 0 Å². The number of rotatable bonds is 5. The highest BCUT2D eigenvalue weighted by Crippen LogP contribution is 2.08. The van der Waals surface area contributed by atoms with Crippen LogP contribution >= 0.6 is 11.3 Å². The third kappa shape index (κ3) is 4.56. The first-order valence-corrected chi connectivity index (χ1v) is 6.69. The summed E-state index contributed by atoms with van der Waals surface area (Å²) in [7, 11) is 0. The molecule has 98 valence electrons. The minimum atomic E-state index is -0.117. The van der Waals surface area contributed by atoms with Crippen molar-refractivity contribution in [3.05, 3.63) is 52.6 Å². The zero-order valence-corrected chi connectivity index (χ0v) is 11.3. The van der Waals surface area contributed by atoms with E-state index in [1.807, 2.05) is 36.6 Å². The molecule has 0 saturated carbocycles. The number of nitrogens with zero attached hydrogens (tertiary/aromatic N) is 1. The number of allylic oxidation sites excluding steroid dienone is 1. The Balaban J connectivity index is 1.82. The molecular formula is C14H14N2O2S. The Morgan fingerprint density at radius 2 is 2.37 bits per heavy atom. The molecule has 5 heteroatoms. The van der Waals surface area contributed by atoms with Crippen molar-refractivity contribution >= 4 is 29.0 Å². The second-order valence-electron chi connectivity index (χ2n) is 3.89. The largest absolute Gasteiger partial charge is 0.465 e. The molecule has 4 nitrogen and oxygen atoms in total. The molecule has 0 atom stereocenters. The highest BCUT2D eigenvalue weighted by atomic mass is 32.1. The maximum Gasteiger partial charge on any atom is 0.245 e. The van der Waals surface area contributed by atoms with Crippen LogP contribution < -0.4 is 5.43 Å². The molecule has 0 aliphatic carbocycles. The lowest BCUT2D eigenvalue weighted by Gasteiger charge is -1.98. The van der Waals surface area contributed by atoms with Gasteiger partial charge in [-0.15, -0.1) is 11.3 Å². The summed E-state index contributed by atoms with van der Waals surface area (Å²) in [5, 5.41) is 5.94. The van der Waals surface area contributed by atoms with Gasteiger partial charge >= 0.3 is 0 Å². The Kier molecular flexibility index (Phi) is 4.69. The van der Waals surface area contributed by atoms with Gasteiger partial charge in [0, 0.05) is 4.88 Å². The number of furan rings is 1. The molecule has 19 heavy (non-hydrogen) atoms. The zero-order chi connectivity index (χ0) is 13.5. The summed E-state index contributed by atoms with van der Waals surface area (Å²) in [5.41, 5.74) is 3.23. The maximum absolute atomic E-state index is 11.6. The molecule has 2 aromatic heterocycles. The summed E-state index contributed by atoms with van der Waals surface area (Å²) in [6.45, 7) is 1.81. The number of thiophene rings is 1. The molecule has 1 N–H and O–H groups in total. The molecule has 0 spiro atoms. The normalized spacial score (nSPS) is 11.9. The van der Waals surface area contributed by atoms with Crippen LogP contribution in [0.2, 0.25) is 0 Å². The maximum atomic E-state index is 11.6. The minimum absolute atomic E-state index is 0.117. The fraction of sp³-hybridized carbons (Fsp3) is 0.143. The average molecular weight is 274 g/mol. The quantitative estimate of drug-likeness (QED) is 0.673. The third-order valence-corrected chi connectivity index (χ3v) is 3.18. The first-order valence-electron chi connectivity index (χ1n) is 5.81. The summed E-state index contributed by atoms with van der Waals surface area (Å²) < 4.78 is 5.15. The van der Waals surface area contributed by atoms with Gasteiger partial charge in [-0.3, -0.25) is 4.79 Å². The van der Waals surface area contributed by atoms with Crippen molar-refractivity contribution in [3.8, 4) is 0 Å². The number of carbonyl (C=O) groups is 1. The molecule has 0 bridgehead atoms. The number of nitrogens with one attached hydrogen (secondary N) is 1. The van der Waals surface area contributed by atoms with Crippen molar-refractivity contribution in [1.82, 2.24) is 5.43 Å². The van der Waals surface area contributed by atoms with E-state index >= 15 is 0 Å². The summed E-state index contributed by atoms with van der Waals surface area (Å²) >= 11 is 1.56. The highest BCUT2D eigenvalue weighted by molar-refractivity contribution is 7.10. The smallest absolute Gasteiger partial charge is 0.245 e. The Bertz CT molecular complexity index is 569. The van der Waals surface area contributed by atoms with Crippen molar-refractivity contribution in [3.63, 3.8) is 0 Å². The Morgan fingerprint density at radius 1 is 1.47 bits per heavy atom. The first-order chi connectivity index (χ1) is 9.24. The number of hydrogen-bond acceptors (Lipinski definition) is 4. The van der Waals surface area contributed by atoms with Gasteiger partial charge < -0.3 is 4.42 Å². The van der Waals surface area contributed by atoms with Gasteiger partial charge in [0.05, 0.1) is 18.4 Å². The lowest BCUT2D eigenvalue weighted by atomic mass is 10.3. The van der Waals surface area contributed by atoms with Gasteiger partial charge in [0.2, 0.25) is 5.91 Å². The van der Waals surface area contributed by atoms with E-state index in [-0.39, 0.29) is 5.91 Å². The zero-order valence-electron chi connectivity index (χ0n) is 10.5. The first kappa shape index (κ1) is 13.3. The summed E-state index contributed by atoms with van der Waals surface area (Å²) in [5.74, 6) is 0.632. The summed E-state index contributed by atoms with van der Waals surface area (Å²) in [6, 6.07) is 7.51. The van der Waals surface area contributed by atoms with E-state index in [4.69, 9.17) is 4.42 Å². The van der Waals surface area contributed by atoms with E-state index in [0.29, 0.717) is 12.1 Å². The van der Waals surface area contributed by atoms with Crippen molar-refractivity contribution in [2.24, 2.45) is 5.10 Å². The fourth-order valence-electron chi connectivity index (χ4n) is 1.39. The highest BCUT2D eigenvalue weighted by Gasteiger charge is 2.02. The van der Waals surface area contributed by atoms with Crippen LogP contribution in [0.4, 0.5) is 0 Å². The number of hydrogen-bond donors (Lipinski definition) is 1. The molecule has 0 aliphatic heterocycles. The van der Waals surface area contributed by atoms with Gasteiger partial charge in [-0.2, -0.15) is 5.10 Å². The van der Waals surface area contributed by atoms with Crippen LogP contribution in [0.25, 0.3) is 6.08 Å². The lowest BCUT2D eigenvalue weighted by Crippen LogP contribution is -2.20. The average Bonchev–Trinajstić information content (AvgIpc) is 3.06. The molecule has 0 saturated heterocycles. The molecule has 0 fully saturated rings. The lowest BCUT2D eigenvalue weighted by molar-refractivity contribution is -0.120. The van der Waals surface area contributed by atoms with Gasteiger partial charge in [0.25, 0.3) is 0 Å². The molecule has 0 aromatic carbocycles. The molecule has 0 unspecified atom stereocenters. The standard InChI is InChI=1S/C14H14N2O2S/c1-11(6-7-12-4-2-8-18-12)15-16-14(17)10-13-5-3-9-19-13/h2-9H,10H2,1H3,(H,16,17)/b7-6+,15-11-. The van der Waals surface area contributed by atoms with Crippen LogP contribution in [0.3, 0.4) is 0 Å². The van der Waals surface area contributed by atoms with Gasteiger partial charge in [-0.1, -0.05) is 6.07 Å². The van der Waals surface area contributed by atoms with E-state index < -0.39 is 0 Å². The van der Waals surface area contributed by atoms with Crippen LogP contribution in [-0.2, 0) is 11.2 Å². The molecule has 0 radical (unpaired) electrons. The topological polar surface area (TPSA) is 54.6 Å². The number of amides is 1. The van der Waals surface area contributed by atoms with Crippen LogP contribution in [-0.4, -0.2) is 11.6 Å². The van der Waals surface area contributed by atoms with Gasteiger partial charge in [0.1, 0.15) is 5.76 Å². The fourth-order valence-corrected chi connectivity index (χ4v) is 2.09. The Morgan fingerprint density at radius 3 is 3.05 bits per heavy atom. The van der Waals surface area contributed by atoms with E-state index in [2.05, 4.69) is 10.5 Å². The Labute approximate surface area is 115 Å². The predicted molar refractivity (Wildman–Crippen MR) is 77.0 cm³/mol. The minimum Gasteiger partial charge on any atom is -0.465 e. The van der Waals surface area contributed by atoms with E-state index in [0.717, 1.165) is 10.6 Å². The second-order valence-corrected chi connectivity index (χ2v) is 4.93. The molecule has 0 aliphatic rings. The van der Waals surface area contributed by atoms with E-state index in [9.17, 15) is 4.79 Å². The van der Waals surface area contributed by atoms with Crippen LogP contribution in [0.5, 0.6) is 0 Å². The van der Waals surface area contributed by atoms with Crippen molar-refractivity contribution in [2.45, 2.75) is 13.3 Å². The monoisotopic (exact) mass is 274 g/mol.